The zero-order valence-electron chi connectivity index (χ0n) is 22.2. The Bertz CT molecular complexity index is 1190. The van der Waals surface area contributed by atoms with E-state index in [4.69, 9.17) is 9.84 Å². The van der Waals surface area contributed by atoms with Crippen molar-refractivity contribution in [3.8, 4) is 12.0 Å². The van der Waals surface area contributed by atoms with Crippen LogP contribution in [0.25, 0.3) is 0 Å². The van der Waals surface area contributed by atoms with E-state index in [-0.39, 0.29) is 29.2 Å². The van der Waals surface area contributed by atoms with Crippen molar-refractivity contribution in [1.29, 1.82) is 0 Å². The number of hydrogen-bond acceptors (Lipinski definition) is 7. The largest absolute Gasteiger partial charge is 0.462 e. The number of amides is 3. The molecule has 1 aliphatic heterocycles. The first-order chi connectivity index (χ1) is 17.5. The monoisotopic (exact) mass is 508 g/mol. The molecule has 0 aliphatic carbocycles. The first-order valence-corrected chi connectivity index (χ1v) is 12.0. The van der Waals surface area contributed by atoms with Crippen LogP contribution in [0.3, 0.4) is 0 Å². The van der Waals surface area contributed by atoms with Crippen LogP contribution in [-0.4, -0.2) is 43.0 Å². The Morgan fingerprint density at radius 2 is 1.89 bits per heavy atom. The van der Waals surface area contributed by atoms with Gasteiger partial charge in [0.1, 0.15) is 6.11 Å². The smallest absolute Gasteiger partial charge is 0.243 e. The molecule has 1 fully saturated rings. The fourth-order valence-electron chi connectivity index (χ4n) is 3.71. The van der Waals surface area contributed by atoms with E-state index in [2.05, 4.69) is 54.0 Å². The zero-order valence-corrected chi connectivity index (χ0v) is 22.2. The van der Waals surface area contributed by atoms with E-state index in [1.807, 2.05) is 36.4 Å². The minimum Gasteiger partial charge on any atom is -0.462 e. The number of benzene rings is 2. The number of piperidine rings is 1. The number of rotatable bonds is 6. The van der Waals surface area contributed by atoms with Crippen LogP contribution in [0, 0.1) is 12.0 Å². The van der Waals surface area contributed by atoms with Crippen molar-refractivity contribution in [2.24, 2.45) is 0 Å². The van der Waals surface area contributed by atoms with E-state index in [0.717, 1.165) is 28.2 Å². The van der Waals surface area contributed by atoms with Gasteiger partial charge in [0.15, 0.2) is 0 Å². The number of aliphatic hydroxyl groups excluding tert-OH is 1. The summed E-state index contributed by atoms with van der Waals surface area (Å²) in [5, 5.41) is 20.3. The van der Waals surface area contributed by atoms with E-state index in [9.17, 15) is 14.4 Å². The second-order valence-electron chi connectivity index (χ2n) is 9.65. The van der Waals surface area contributed by atoms with Gasteiger partial charge in [-0.05, 0) is 60.7 Å². The van der Waals surface area contributed by atoms with Crippen molar-refractivity contribution in [1.82, 2.24) is 10.6 Å². The Morgan fingerprint density at radius 1 is 1.19 bits per heavy atom. The number of ether oxygens (including phenoxy) is 1. The molecule has 3 amide bonds. The molecule has 0 saturated carbocycles. The third kappa shape index (κ3) is 8.94. The summed E-state index contributed by atoms with van der Waals surface area (Å²) in [4.78, 5) is 32.9. The molecule has 198 valence electrons. The maximum Gasteiger partial charge on any atom is 0.243 e. The van der Waals surface area contributed by atoms with E-state index < -0.39 is 0 Å². The third-order valence-electron chi connectivity index (χ3n) is 5.64. The van der Waals surface area contributed by atoms with Gasteiger partial charge in [-0.2, -0.15) is 0 Å². The Labute approximate surface area is 218 Å². The summed E-state index contributed by atoms with van der Waals surface area (Å²) < 4.78 is 5.30. The molecule has 1 heterocycles. The lowest BCUT2D eigenvalue weighted by molar-refractivity contribution is -0.134. The highest BCUT2D eigenvalue weighted by molar-refractivity contribution is 6.00. The van der Waals surface area contributed by atoms with Crippen LogP contribution in [0.15, 0.2) is 36.4 Å². The molecule has 3 rings (SSSR count). The standard InChI is InChI=1S/C22H26N2O3.C6H10N2O2/c1-15(26)23-18-11-17(22(2,3)4)12-19(13-18)24-21-8-6-7-16(9-10-25)20(21)14-27-5;1-7-4-2-3-5(9)8-6(4)10/h6-8,11-13,24-25H,14H2,1-5H3,(H,23,26);4,7H,2-3H2,1H3,(H,8,9,10). The molecule has 0 bridgehead atoms. The molecule has 2 aromatic rings. The molecule has 0 aromatic heterocycles. The van der Waals surface area contributed by atoms with Crippen LogP contribution in [0.4, 0.5) is 17.1 Å². The van der Waals surface area contributed by atoms with Gasteiger partial charge in [-0.3, -0.25) is 19.7 Å². The molecular weight excluding hydrogens is 472 g/mol. The van der Waals surface area contributed by atoms with Crippen molar-refractivity contribution in [3.05, 3.63) is 53.1 Å². The van der Waals surface area contributed by atoms with Crippen LogP contribution in [0.1, 0.15) is 57.2 Å². The lowest BCUT2D eigenvalue weighted by atomic mass is 9.86. The summed E-state index contributed by atoms with van der Waals surface area (Å²) >= 11 is 0. The van der Waals surface area contributed by atoms with Crippen molar-refractivity contribution in [2.75, 3.05) is 24.8 Å². The first-order valence-electron chi connectivity index (χ1n) is 12.0. The second-order valence-corrected chi connectivity index (χ2v) is 9.65. The highest BCUT2D eigenvalue weighted by atomic mass is 16.5. The molecule has 0 spiro atoms. The van der Waals surface area contributed by atoms with Crippen LogP contribution >= 0.6 is 0 Å². The minimum atomic E-state index is -0.209. The molecule has 1 atom stereocenters. The molecule has 1 saturated heterocycles. The van der Waals surface area contributed by atoms with E-state index in [0.29, 0.717) is 25.0 Å². The summed E-state index contributed by atoms with van der Waals surface area (Å²) in [6, 6.07) is 11.4. The number of nitrogens with one attached hydrogen (secondary N) is 4. The Kier molecular flexibility index (Phi) is 10.7. The highest BCUT2D eigenvalue weighted by Crippen LogP contribution is 2.32. The van der Waals surface area contributed by atoms with Crippen LogP contribution < -0.4 is 21.3 Å². The molecule has 1 aliphatic rings. The third-order valence-corrected chi connectivity index (χ3v) is 5.64. The second kappa shape index (κ2) is 13.4. The first kappa shape index (κ1) is 29.4. The predicted octanol–water partition coefficient (Wildman–Crippen LogP) is 3.53. The van der Waals surface area contributed by atoms with Gasteiger partial charge in [0.05, 0.1) is 12.6 Å². The molecule has 5 N–H and O–H groups in total. The fourth-order valence-corrected chi connectivity index (χ4v) is 3.71. The lowest BCUT2D eigenvalue weighted by Gasteiger charge is -2.22. The topological polar surface area (TPSA) is 129 Å². The summed E-state index contributed by atoms with van der Waals surface area (Å²) in [5.41, 5.74) is 4.97. The summed E-state index contributed by atoms with van der Waals surface area (Å²) in [7, 11) is 3.32. The number of likely N-dealkylation sites (N-methyl/N-ethyl adjacent to an activating group) is 1. The maximum absolute atomic E-state index is 11.5. The summed E-state index contributed by atoms with van der Waals surface area (Å²) in [5.74, 6) is 2.19. The van der Waals surface area contributed by atoms with Gasteiger partial charge in [0.2, 0.25) is 17.7 Å². The average molecular weight is 509 g/mol. The van der Waals surface area contributed by atoms with Crippen LogP contribution in [-0.2, 0) is 31.1 Å². The minimum absolute atomic E-state index is 0.0789. The normalized spacial score (nSPS) is 14.9. The maximum atomic E-state index is 11.5. The van der Waals surface area contributed by atoms with Gasteiger partial charge in [0, 0.05) is 48.6 Å². The van der Waals surface area contributed by atoms with Gasteiger partial charge in [-0.1, -0.05) is 26.8 Å². The van der Waals surface area contributed by atoms with Crippen LogP contribution in [0.5, 0.6) is 0 Å². The van der Waals surface area contributed by atoms with E-state index in [1.54, 1.807) is 14.2 Å². The quantitative estimate of drug-likeness (QED) is 0.298. The van der Waals surface area contributed by atoms with Crippen LogP contribution in [0.2, 0.25) is 0 Å². The van der Waals surface area contributed by atoms with Gasteiger partial charge in [-0.25, -0.2) is 0 Å². The molecule has 9 nitrogen and oxygen atoms in total. The number of imide groups is 1. The van der Waals surface area contributed by atoms with Crippen molar-refractivity contribution >= 4 is 34.8 Å². The van der Waals surface area contributed by atoms with E-state index in [1.165, 1.54) is 6.92 Å². The number of hydrogen-bond donors (Lipinski definition) is 5. The van der Waals surface area contributed by atoms with Gasteiger partial charge in [-0.15, -0.1) is 0 Å². The lowest BCUT2D eigenvalue weighted by Crippen LogP contribution is -2.49. The van der Waals surface area contributed by atoms with Gasteiger partial charge in [0.25, 0.3) is 0 Å². The predicted molar refractivity (Wildman–Crippen MR) is 144 cm³/mol. The Hall–Kier alpha value is -3.87. The molecular formula is C28H36N4O5. The average Bonchev–Trinajstić information content (AvgIpc) is 2.81. The van der Waals surface area contributed by atoms with Gasteiger partial charge >= 0.3 is 0 Å². The number of carbonyl (C=O) groups excluding carboxylic acids is 3. The molecule has 2 aromatic carbocycles. The Morgan fingerprint density at radius 3 is 2.46 bits per heavy atom. The molecule has 0 radical (unpaired) electrons. The summed E-state index contributed by atoms with van der Waals surface area (Å²) in [6.07, 6.45) is 3.01. The molecule has 9 heteroatoms. The molecule has 1 unspecified atom stereocenters. The molecule has 37 heavy (non-hydrogen) atoms. The van der Waals surface area contributed by atoms with Crippen molar-refractivity contribution < 1.29 is 24.2 Å². The number of aliphatic hydroxyl groups is 1. The van der Waals surface area contributed by atoms with Crippen molar-refractivity contribution in [2.45, 2.75) is 58.6 Å². The number of carbonyl (C=O) groups is 3. The summed E-state index contributed by atoms with van der Waals surface area (Å²) in [6.45, 7) is 8.21. The zero-order chi connectivity index (χ0) is 27.6. The van der Waals surface area contributed by atoms with E-state index >= 15 is 0 Å². The SMILES string of the molecule is CNC1CCC(=O)NC1=O.COCc1c(C#CO)cccc1Nc1cc(NC(C)=O)cc(C(C)(C)C)c1. The number of anilines is 3. The Balaban J connectivity index is 0.000000402. The number of methoxy groups -OCH3 is 1. The van der Waals surface area contributed by atoms with Crippen molar-refractivity contribution in [3.63, 3.8) is 0 Å². The fraction of sp³-hybridized carbons (Fsp3) is 0.393. The highest BCUT2D eigenvalue weighted by Gasteiger charge is 2.24. The van der Waals surface area contributed by atoms with Gasteiger partial charge < -0.3 is 25.8 Å².